The minimum Gasteiger partial charge on any atom is -0.491 e. The molecule has 3 aromatic rings. The second kappa shape index (κ2) is 13.5. The third-order valence-corrected chi connectivity index (χ3v) is 5.17. The maximum atomic E-state index is 11.4. The van der Waals surface area contributed by atoms with E-state index in [0.717, 1.165) is 11.1 Å². The van der Waals surface area contributed by atoms with E-state index >= 15 is 0 Å². The summed E-state index contributed by atoms with van der Waals surface area (Å²) < 4.78 is 18.8. The smallest absolute Gasteiger partial charge is 0.407 e. The highest BCUT2D eigenvalue weighted by atomic mass is 16.5. The van der Waals surface area contributed by atoms with Gasteiger partial charge in [0, 0.05) is 24.7 Å². The molecule has 1 atom stereocenters. The van der Waals surface area contributed by atoms with Crippen LogP contribution in [-0.2, 0) is 29.2 Å². The van der Waals surface area contributed by atoms with Gasteiger partial charge in [-0.25, -0.2) is 9.48 Å². The van der Waals surface area contributed by atoms with Gasteiger partial charge in [-0.3, -0.25) is 0 Å². The topological polar surface area (TPSA) is 138 Å². The Morgan fingerprint density at radius 3 is 2.61 bits per heavy atom. The highest BCUT2D eigenvalue weighted by Gasteiger charge is 2.22. The van der Waals surface area contributed by atoms with E-state index < -0.39 is 11.6 Å². The second-order valence-electron chi connectivity index (χ2n) is 8.97. The van der Waals surface area contributed by atoms with Crippen LogP contribution in [0.5, 0.6) is 5.75 Å². The van der Waals surface area contributed by atoms with E-state index in [0.29, 0.717) is 44.5 Å². The second-order valence-corrected chi connectivity index (χ2v) is 8.97. The number of carbonyl (C=O) groups is 1. The minimum absolute atomic E-state index is 0.103. The van der Waals surface area contributed by atoms with E-state index in [1.807, 2.05) is 68.4 Å². The number of rotatable bonds is 14. The lowest BCUT2D eigenvalue weighted by Gasteiger charge is -2.24. The van der Waals surface area contributed by atoms with Gasteiger partial charge < -0.3 is 30.6 Å². The van der Waals surface area contributed by atoms with E-state index in [1.165, 1.54) is 7.05 Å². The van der Waals surface area contributed by atoms with Gasteiger partial charge in [0.15, 0.2) is 5.82 Å². The zero-order valence-corrected chi connectivity index (χ0v) is 21.0. The number of hydrogen-bond acceptors (Lipinski definition) is 9. The third kappa shape index (κ3) is 8.91. The summed E-state index contributed by atoms with van der Waals surface area (Å²) in [5.74, 6) is 1.26. The summed E-state index contributed by atoms with van der Waals surface area (Å²) in [5, 5.41) is 18.1. The van der Waals surface area contributed by atoms with Gasteiger partial charge in [-0.2, -0.15) is 0 Å². The molecule has 1 heterocycles. The highest BCUT2D eigenvalue weighted by Crippen LogP contribution is 2.19. The molecule has 1 aromatic heterocycles. The van der Waals surface area contributed by atoms with Crippen molar-refractivity contribution in [1.82, 2.24) is 30.8 Å². The average Bonchev–Trinajstić information content (AvgIpc) is 3.33. The van der Waals surface area contributed by atoms with Crippen LogP contribution >= 0.6 is 0 Å². The van der Waals surface area contributed by atoms with Crippen LogP contribution in [0.25, 0.3) is 0 Å². The molecule has 0 fully saturated rings. The first kappa shape index (κ1) is 27.1. The van der Waals surface area contributed by atoms with Crippen LogP contribution < -0.4 is 21.1 Å². The molecule has 0 saturated carbocycles. The molecule has 11 nitrogen and oxygen atoms in total. The number of carbonyl (C=O) groups excluding carboxylic acids is 1. The molecule has 194 valence electrons. The van der Waals surface area contributed by atoms with Gasteiger partial charge >= 0.3 is 6.09 Å². The maximum absolute atomic E-state index is 11.4. The Morgan fingerprint density at radius 2 is 1.86 bits per heavy atom. The Bertz CT molecular complexity index is 1070. The monoisotopic (exact) mass is 497 g/mol. The number of aromatic nitrogens is 4. The molecule has 1 unspecified atom stereocenters. The van der Waals surface area contributed by atoms with Crippen molar-refractivity contribution in [2.45, 2.75) is 45.2 Å². The van der Waals surface area contributed by atoms with Crippen molar-refractivity contribution >= 4 is 6.09 Å². The van der Waals surface area contributed by atoms with E-state index in [2.05, 4.69) is 26.2 Å². The fraction of sp³-hybridized carbons (Fsp3) is 0.440. The summed E-state index contributed by atoms with van der Waals surface area (Å²) >= 11 is 0. The number of hydrogen-bond donors (Lipinski definition) is 3. The van der Waals surface area contributed by atoms with Crippen LogP contribution in [-0.4, -0.2) is 58.6 Å². The first-order valence-corrected chi connectivity index (χ1v) is 11.8. The van der Waals surface area contributed by atoms with Gasteiger partial charge in [0.2, 0.25) is 0 Å². The van der Waals surface area contributed by atoms with Crippen LogP contribution in [0, 0.1) is 0 Å². The Kier molecular flexibility index (Phi) is 10.2. The fourth-order valence-corrected chi connectivity index (χ4v) is 3.32. The SMILES string of the molecule is CNC(=O)OCc1ccccc1OCCn1nnnc1C(COCc1ccccc1)NCC(C)(C)N. The number of tetrazole rings is 1. The lowest BCUT2D eigenvalue weighted by atomic mass is 10.1. The summed E-state index contributed by atoms with van der Waals surface area (Å²) in [6.07, 6.45) is -0.503. The molecule has 1 amide bonds. The number of para-hydroxylation sites is 1. The maximum Gasteiger partial charge on any atom is 0.407 e. The predicted octanol–water partition coefficient (Wildman–Crippen LogP) is 2.19. The summed E-state index contributed by atoms with van der Waals surface area (Å²) in [6, 6.07) is 17.1. The molecule has 0 aliphatic carbocycles. The number of alkyl carbamates (subject to hydrolysis) is 1. The van der Waals surface area contributed by atoms with E-state index in [1.54, 1.807) is 4.68 Å². The summed E-state index contributed by atoms with van der Waals surface area (Å²) in [5.41, 5.74) is 7.62. The first-order chi connectivity index (χ1) is 17.4. The third-order valence-electron chi connectivity index (χ3n) is 5.17. The Hall–Kier alpha value is -3.54. The van der Waals surface area contributed by atoms with Crippen LogP contribution in [0.2, 0.25) is 0 Å². The van der Waals surface area contributed by atoms with Crippen molar-refractivity contribution in [3.05, 3.63) is 71.5 Å². The van der Waals surface area contributed by atoms with E-state index in [4.69, 9.17) is 19.9 Å². The van der Waals surface area contributed by atoms with Crippen LogP contribution in [0.3, 0.4) is 0 Å². The van der Waals surface area contributed by atoms with Crippen LogP contribution in [0.15, 0.2) is 54.6 Å². The number of nitrogens with two attached hydrogens (primary N) is 1. The largest absolute Gasteiger partial charge is 0.491 e. The van der Waals surface area contributed by atoms with Gasteiger partial charge in [-0.05, 0) is 35.9 Å². The molecule has 0 aliphatic heterocycles. The fourth-order valence-electron chi connectivity index (χ4n) is 3.32. The molecule has 0 spiro atoms. The van der Waals surface area contributed by atoms with Gasteiger partial charge in [0.1, 0.15) is 19.0 Å². The van der Waals surface area contributed by atoms with Crippen molar-refractivity contribution in [2.24, 2.45) is 5.73 Å². The molecule has 4 N–H and O–H groups in total. The molecule has 11 heteroatoms. The Morgan fingerprint density at radius 1 is 1.11 bits per heavy atom. The van der Waals surface area contributed by atoms with Gasteiger partial charge in [-0.1, -0.05) is 48.5 Å². The van der Waals surface area contributed by atoms with Crippen molar-refractivity contribution < 1.29 is 19.0 Å². The van der Waals surface area contributed by atoms with Gasteiger partial charge in [0.05, 0.1) is 25.8 Å². The zero-order valence-electron chi connectivity index (χ0n) is 21.0. The molecule has 0 radical (unpaired) electrons. The lowest BCUT2D eigenvalue weighted by Crippen LogP contribution is -2.45. The molecular weight excluding hydrogens is 462 g/mol. The predicted molar refractivity (Wildman–Crippen MR) is 134 cm³/mol. The standard InChI is InChI=1S/C25H35N7O4/c1-25(2,26)18-28-21(17-34-15-19-9-5-4-6-10-19)23-29-30-31-32(23)13-14-35-22-12-8-7-11-20(22)16-36-24(33)27-3/h4-12,21,28H,13-18,26H2,1-3H3,(H,27,33). The Labute approximate surface area is 211 Å². The number of ether oxygens (including phenoxy) is 3. The first-order valence-electron chi connectivity index (χ1n) is 11.8. The van der Waals surface area contributed by atoms with Crippen LogP contribution in [0.1, 0.15) is 36.8 Å². The molecule has 3 rings (SSSR count). The van der Waals surface area contributed by atoms with Gasteiger partial charge in [-0.15, -0.1) is 5.10 Å². The van der Waals surface area contributed by atoms with Gasteiger partial charge in [0.25, 0.3) is 0 Å². The molecule has 0 aliphatic rings. The van der Waals surface area contributed by atoms with Crippen molar-refractivity contribution in [3.8, 4) is 5.75 Å². The summed E-state index contributed by atoms with van der Waals surface area (Å²) in [6.45, 7) is 6.12. The number of benzene rings is 2. The van der Waals surface area contributed by atoms with Crippen molar-refractivity contribution in [1.29, 1.82) is 0 Å². The Balaban J connectivity index is 1.61. The van der Waals surface area contributed by atoms with Crippen molar-refractivity contribution in [2.75, 3.05) is 26.8 Å². The average molecular weight is 498 g/mol. The molecule has 0 saturated heterocycles. The number of nitrogens with zero attached hydrogens (tertiary/aromatic N) is 4. The van der Waals surface area contributed by atoms with Crippen LogP contribution in [0.4, 0.5) is 4.79 Å². The molecule has 0 bridgehead atoms. The number of nitrogens with one attached hydrogen (secondary N) is 2. The molecular formula is C25H35N7O4. The molecule has 36 heavy (non-hydrogen) atoms. The lowest BCUT2D eigenvalue weighted by molar-refractivity contribution is 0.0932. The molecule has 2 aromatic carbocycles. The van der Waals surface area contributed by atoms with Crippen molar-refractivity contribution in [3.63, 3.8) is 0 Å². The summed E-state index contributed by atoms with van der Waals surface area (Å²) in [7, 11) is 1.51. The minimum atomic E-state index is -0.503. The highest BCUT2D eigenvalue weighted by molar-refractivity contribution is 5.66. The normalized spacial score (nSPS) is 12.2. The number of amides is 1. The quantitative estimate of drug-likeness (QED) is 0.306. The van der Waals surface area contributed by atoms with E-state index in [9.17, 15) is 4.79 Å². The van der Waals surface area contributed by atoms with E-state index in [-0.39, 0.29) is 12.6 Å². The zero-order chi connectivity index (χ0) is 25.8. The summed E-state index contributed by atoms with van der Waals surface area (Å²) in [4.78, 5) is 11.4.